The van der Waals surface area contributed by atoms with Crippen molar-refractivity contribution < 1.29 is 56.2 Å². The summed E-state index contributed by atoms with van der Waals surface area (Å²) in [6.45, 7) is 2.15. The van der Waals surface area contributed by atoms with E-state index in [0.717, 1.165) is 12.2 Å². The first-order valence-electron chi connectivity index (χ1n) is 3.62. The predicted molar refractivity (Wildman–Crippen MR) is 43.8 cm³/mol. The zero-order valence-corrected chi connectivity index (χ0v) is 11.0. The van der Waals surface area contributed by atoms with Crippen molar-refractivity contribution in [3.8, 4) is 0 Å². The minimum Gasteiger partial charge on any atom is -0.540 e. The average Bonchev–Trinajstić information content (AvgIpc) is 2.37. The first kappa shape index (κ1) is 12.6. The van der Waals surface area contributed by atoms with Gasteiger partial charge in [-0.15, -0.1) is 11.8 Å². The molecule has 1 unspecified atom stereocenters. The van der Waals surface area contributed by atoms with Crippen molar-refractivity contribution in [2.45, 2.75) is 31.2 Å². The number of rotatable bonds is 3. The second kappa shape index (κ2) is 7.06. The van der Waals surface area contributed by atoms with Gasteiger partial charge in [0.15, 0.2) is 0 Å². The Morgan fingerprint density at radius 2 is 2.45 bits per heavy atom. The Hall–Kier alpha value is 1.62. The van der Waals surface area contributed by atoms with Crippen molar-refractivity contribution in [3.63, 3.8) is 0 Å². The largest absolute Gasteiger partial charge is 1.00 e. The van der Waals surface area contributed by atoms with Gasteiger partial charge in [0, 0.05) is 0 Å². The van der Waals surface area contributed by atoms with Gasteiger partial charge in [-0.25, -0.2) is 6.29 Å². The Bertz CT molecular complexity index is 123. The maximum absolute atomic E-state index is 10.2. The first-order chi connectivity index (χ1) is 4.86. The maximum atomic E-state index is 10.2. The number of hydrogen-bond donors (Lipinski definition) is 1. The van der Waals surface area contributed by atoms with Crippen molar-refractivity contribution in [1.82, 2.24) is 5.32 Å². The molecule has 1 rings (SSSR count). The minimum atomic E-state index is -0.0125. The molecule has 1 saturated heterocycles. The molecule has 1 aliphatic heterocycles. The van der Waals surface area contributed by atoms with Crippen LogP contribution in [0.1, 0.15) is 19.8 Å². The van der Waals surface area contributed by atoms with Crippen LogP contribution in [0.25, 0.3) is 0 Å². The molecule has 2 atom stereocenters. The Labute approximate surface area is 115 Å². The topological polar surface area (TPSA) is 29.1 Å². The SMILES string of the molecule is CCCC1N[C@H]([C-]=O)CS1.[K+]. The van der Waals surface area contributed by atoms with Crippen LogP contribution in [-0.4, -0.2) is 23.5 Å². The van der Waals surface area contributed by atoms with Crippen LogP contribution < -0.4 is 56.7 Å². The quantitative estimate of drug-likeness (QED) is 0.416. The van der Waals surface area contributed by atoms with E-state index in [1.54, 1.807) is 0 Å². The van der Waals surface area contributed by atoms with Crippen LogP contribution in [0.3, 0.4) is 0 Å². The fourth-order valence-electron chi connectivity index (χ4n) is 1.03. The number of carbonyl (C=O) groups excluding carboxylic acids is 1. The molecule has 0 bridgehead atoms. The van der Waals surface area contributed by atoms with Crippen molar-refractivity contribution in [2.24, 2.45) is 0 Å². The molecular weight excluding hydrogens is 185 g/mol. The summed E-state index contributed by atoms with van der Waals surface area (Å²) >= 11 is 1.83. The monoisotopic (exact) mass is 197 g/mol. The summed E-state index contributed by atoms with van der Waals surface area (Å²) in [4.78, 5) is 10.2. The zero-order chi connectivity index (χ0) is 7.40. The fourth-order valence-corrected chi connectivity index (χ4v) is 2.28. The smallest absolute Gasteiger partial charge is 0.540 e. The Balaban J connectivity index is 0.000001000. The Kier molecular flexibility index (Phi) is 8.10. The number of thioether (sulfide) groups is 1. The van der Waals surface area contributed by atoms with E-state index in [4.69, 9.17) is 0 Å². The van der Waals surface area contributed by atoms with Crippen LogP contribution in [0.2, 0.25) is 0 Å². The molecule has 1 fully saturated rings. The van der Waals surface area contributed by atoms with E-state index in [1.165, 1.54) is 6.42 Å². The van der Waals surface area contributed by atoms with Gasteiger partial charge in [0.1, 0.15) is 0 Å². The zero-order valence-electron chi connectivity index (χ0n) is 7.09. The molecule has 58 valence electrons. The van der Waals surface area contributed by atoms with Crippen LogP contribution >= 0.6 is 11.8 Å². The van der Waals surface area contributed by atoms with E-state index in [0.29, 0.717) is 5.37 Å². The first-order valence-corrected chi connectivity index (χ1v) is 4.67. The summed E-state index contributed by atoms with van der Waals surface area (Å²) in [5.41, 5.74) is 0. The molecule has 0 aromatic carbocycles. The molecule has 0 aromatic rings. The minimum absolute atomic E-state index is 0. The molecular formula is C7H12KNOS. The molecule has 0 aromatic heterocycles. The fraction of sp³-hybridized carbons (Fsp3) is 0.857. The van der Waals surface area contributed by atoms with Crippen LogP contribution in [-0.2, 0) is 4.79 Å². The number of nitrogens with one attached hydrogen (secondary N) is 1. The average molecular weight is 197 g/mol. The second-order valence-electron chi connectivity index (χ2n) is 2.45. The molecule has 0 radical (unpaired) electrons. The summed E-state index contributed by atoms with van der Waals surface area (Å²) in [7, 11) is 0. The second-order valence-corrected chi connectivity index (χ2v) is 3.68. The van der Waals surface area contributed by atoms with Crippen LogP contribution in [0.5, 0.6) is 0 Å². The van der Waals surface area contributed by atoms with Crippen molar-refractivity contribution in [3.05, 3.63) is 0 Å². The Morgan fingerprint density at radius 3 is 2.91 bits per heavy atom. The van der Waals surface area contributed by atoms with Crippen molar-refractivity contribution >= 4 is 18.0 Å². The maximum Gasteiger partial charge on any atom is 1.00 e. The van der Waals surface area contributed by atoms with Gasteiger partial charge in [-0.1, -0.05) is 19.4 Å². The van der Waals surface area contributed by atoms with E-state index in [2.05, 4.69) is 12.2 Å². The predicted octanol–water partition coefficient (Wildman–Crippen LogP) is -2.07. The van der Waals surface area contributed by atoms with Gasteiger partial charge in [-0.2, -0.15) is 0 Å². The molecule has 0 amide bonds. The van der Waals surface area contributed by atoms with E-state index >= 15 is 0 Å². The van der Waals surface area contributed by atoms with E-state index in [9.17, 15) is 4.79 Å². The normalized spacial score (nSPS) is 29.5. The summed E-state index contributed by atoms with van der Waals surface area (Å²) in [6.07, 6.45) is 4.30. The van der Waals surface area contributed by atoms with Gasteiger partial charge >= 0.3 is 51.4 Å². The van der Waals surface area contributed by atoms with Crippen LogP contribution in [0.15, 0.2) is 0 Å². The molecule has 1 heterocycles. The molecule has 1 aliphatic rings. The molecule has 11 heavy (non-hydrogen) atoms. The Morgan fingerprint density at radius 1 is 1.73 bits per heavy atom. The van der Waals surface area contributed by atoms with E-state index < -0.39 is 0 Å². The van der Waals surface area contributed by atoms with Gasteiger partial charge in [0.05, 0.1) is 5.37 Å². The van der Waals surface area contributed by atoms with E-state index in [1.807, 2.05) is 18.0 Å². The summed E-state index contributed by atoms with van der Waals surface area (Å²) < 4.78 is 0. The van der Waals surface area contributed by atoms with Crippen molar-refractivity contribution in [1.29, 1.82) is 0 Å². The molecule has 0 spiro atoms. The summed E-state index contributed by atoms with van der Waals surface area (Å²) in [6, 6.07) is -0.0125. The van der Waals surface area contributed by atoms with Gasteiger partial charge in [-0.05, 0) is 12.2 Å². The van der Waals surface area contributed by atoms with Crippen LogP contribution in [0.4, 0.5) is 0 Å². The van der Waals surface area contributed by atoms with E-state index in [-0.39, 0.29) is 57.4 Å². The third-order valence-corrected chi connectivity index (χ3v) is 2.84. The van der Waals surface area contributed by atoms with Crippen molar-refractivity contribution in [2.75, 3.05) is 5.75 Å². The number of hydrogen-bond acceptors (Lipinski definition) is 3. The third kappa shape index (κ3) is 4.40. The van der Waals surface area contributed by atoms with Gasteiger partial charge in [-0.3, -0.25) is 0 Å². The summed E-state index contributed by atoms with van der Waals surface area (Å²) in [5, 5.41) is 3.68. The standard InChI is InChI=1S/C7H12NOS.K/c1-2-3-7-8-6(4-9)5-10-7;/h6-8H,2-3,5H2,1H3;/q-1;+1/t6-,7?;/m1./s1. The molecule has 4 heteroatoms. The third-order valence-electron chi connectivity index (χ3n) is 1.54. The van der Waals surface area contributed by atoms with Crippen LogP contribution in [0, 0.1) is 0 Å². The molecule has 1 N–H and O–H groups in total. The molecule has 0 saturated carbocycles. The summed E-state index contributed by atoms with van der Waals surface area (Å²) in [5.74, 6) is 0.897. The molecule has 0 aliphatic carbocycles. The van der Waals surface area contributed by atoms with Gasteiger partial charge < -0.3 is 10.1 Å². The van der Waals surface area contributed by atoms with Gasteiger partial charge in [0.2, 0.25) is 0 Å². The van der Waals surface area contributed by atoms with Gasteiger partial charge in [0.25, 0.3) is 0 Å². The molecule has 2 nitrogen and oxygen atoms in total.